The number of hydrogen-bond acceptors (Lipinski definition) is 3. The fourth-order valence-electron chi connectivity index (χ4n) is 1.58. The summed E-state index contributed by atoms with van der Waals surface area (Å²) in [6, 6.07) is 1.89. The van der Waals surface area contributed by atoms with E-state index in [-0.39, 0.29) is 0 Å². The summed E-state index contributed by atoms with van der Waals surface area (Å²) in [4.78, 5) is 11.6. The van der Waals surface area contributed by atoms with Gasteiger partial charge >= 0.3 is 0 Å². The highest BCUT2D eigenvalue weighted by Crippen LogP contribution is 2.25. The maximum absolute atomic E-state index is 6.02. The molecule has 3 N–H and O–H groups in total. The molecule has 0 saturated carbocycles. The van der Waals surface area contributed by atoms with E-state index in [2.05, 4.69) is 15.0 Å². The number of anilines is 1. The van der Waals surface area contributed by atoms with Gasteiger partial charge in [0, 0.05) is 18.0 Å². The van der Waals surface area contributed by atoms with Crippen molar-refractivity contribution in [3.8, 4) is 11.3 Å². The van der Waals surface area contributed by atoms with Crippen molar-refractivity contribution in [3.63, 3.8) is 0 Å². The van der Waals surface area contributed by atoms with Crippen molar-refractivity contribution in [1.82, 2.24) is 15.0 Å². The van der Waals surface area contributed by atoms with Gasteiger partial charge in [0.2, 0.25) is 0 Å². The minimum atomic E-state index is 0.728. The van der Waals surface area contributed by atoms with Gasteiger partial charge in [-0.3, -0.25) is 4.98 Å². The molecule has 4 nitrogen and oxygen atoms in total. The lowest BCUT2D eigenvalue weighted by molar-refractivity contribution is 1.04. The van der Waals surface area contributed by atoms with Gasteiger partial charge in [0.1, 0.15) is 5.82 Å². The number of rotatable bonds is 2. The van der Waals surface area contributed by atoms with Gasteiger partial charge in [-0.05, 0) is 19.4 Å². The van der Waals surface area contributed by atoms with Crippen LogP contribution in [0.4, 0.5) is 5.69 Å². The second kappa shape index (κ2) is 3.73. The Morgan fingerprint density at radius 2 is 2.27 bits per heavy atom. The highest BCUT2D eigenvalue weighted by Gasteiger charge is 2.08. The normalized spacial score (nSPS) is 10.5. The standard InChI is InChI=1S/C11H14N4/c1-3-9-11(12)8(4-5-13-9)10-6-14-7(2)15-10/h4-6H,3,12H2,1-2H3,(H,14,15). The van der Waals surface area contributed by atoms with Gasteiger partial charge in [0.25, 0.3) is 0 Å². The smallest absolute Gasteiger partial charge is 0.103 e. The predicted octanol–water partition coefficient (Wildman–Crippen LogP) is 1.92. The number of aromatic amines is 1. The molecule has 2 rings (SSSR count). The summed E-state index contributed by atoms with van der Waals surface area (Å²) in [5, 5.41) is 0. The monoisotopic (exact) mass is 202 g/mol. The molecule has 0 unspecified atom stereocenters. The molecule has 0 aliphatic heterocycles. The molecule has 15 heavy (non-hydrogen) atoms. The number of aryl methyl sites for hydroxylation is 2. The Balaban J connectivity index is 2.53. The highest BCUT2D eigenvalue weighted by atomic mass is 14.9. The maximum atomic E-state index is 6.02. The minimum absolute atomic E-state index is 0.728. The Kier molecular flexibility index (Phi) is 2.41. The molecule has 0 amide bonds. The first-order valence-corrected chi connectivity index (χ1v) is 4.98. The molecule has 0 aromatic carbocycles. The van der Waals surface area contributed by atoms with Crippen molar-refractivity contribution in [2.75, 3.05) is 5.73 Å². The van der Waals surface area contributed by atoms with Crippen LogP contribution in [0, 0.1) is 6.92 Å². The Hall–Kier alpha value is -1.84. The van der Waals surface area contributed by atoms with Crippen LogP contribution in [0.5, 0.6) is 0 Å². The molecule has 0 saturated heterocycles. The third kappa shape index (κ3) is 1.70. The Labute approximate surface area is 88.6 Å². The second-order valence-corrected chi connectivity index (χ2v) is 3.44. The van der Waals surface area contributed by atoms with Crippen LogP contribution >= 0.6 is 0 Å². The van der Waals surface area contributed by atoms with Crippen molar-refractivity contribution in [3.05, 3.63) is 30.0 Å². The van der Waals surface area contributed by atoms with Crippen molar-refractivity contribution >= 4 is 5.69 Å². The molecule has 0 fully saturated rings. The van der Waals surface area contributed by atoms with Gasteiger partial charge in [-0.1, -0.05) is 6.92 Å². The van der Waals surface area contributed by atoms with Crippen LogP contribution in [-0.4, -0.2) is 15.0 Å². The summed E-state index contributed by atoms with van der Waals surface area (Å²) in [6.07, 6.45) is 4.47. The number of nitrogens with one attached hydrogen (secondary N) is 1. The van der Waals surface area contributed by atoms with E-state index < -0.39 is 0 Å². The zero-order valence-electron chi connectivity index (χ0n) is 8.91. The SMILES string of the molecule is CCc1nccc(-c2c[nH]c(C)n2)c1N. The summed E-state index contributed by atoms with van der Waals surface area (Å²) < 4.78 is 0. The Morgan fingerprint density at radius 1 is 1.47 bits per heavy atom. The molecule has 2 aromatic heterocycles. The van der Waals surface area contributed by atoms with Crippen LogP contribution in [-0.2, 0) is 6.42 Å². The maximum Gasteiger partial charge on any atom is 0.103 e. The first-order chi connectivity index (χ1) is 7.22. The number of H-pyrrole nitrogens is 1. The third-order valence-electron chi connectivity index (χ3n) is 2.39. The van der Waals surface area contributed by atoms with E-state index in [0.29, 0.717) is 0 Å². The van der Waals surface area contributed by atoms with Gasteiger partial charge in [0.15, 0.2) is 0 Å². The van der Waals surface area contributed by atoms with Crippen LogP contribution in [0.3, 0.4) is 0 Å². The lowest BCUT2D eigenvalue weighted by atomic mass is 10.1. The average molecular weight is 202 g/mol. The van der Waals surface area contributed by atoms with E-state index in [4.69, 9.17) is 5.73 Å². The third-order valence-corrected chi connectivity index (χ3v) is 2.39. The van der Waals surface area contributed by atoms with Gasteiger partial charge in [-0.25, -0.2) is 4.98 Å². The van der Waals surface area contributed by atoms with E-state index in [0.717, 1.165) is 34.9 Å². The average Bonchev–Trinajstić information content (AvgIpc) is 2.65. The molecular formula is C11H14N4. The first kappa shape index (κ1) is 9.71. The fraction of sp³-hybridized carbons (Fsp3) is 0.273. The van der Waals surface area contributed by atoms with Crippen LogP contribution in [0.15, 0.2) is 18.5 Å². The van der Waals surface area contributed by atoms with E-state index in [1.807, 2.05) is 26.1 Å². The summed E-state index contributed by atoms with van der Waals surface area (Å²) in [5.41, 5.74) is 9.50. The molecule has 0 atom stereocenters. The molecule has 78 valence electrons. The van der Waals surface area contributed by atoms with Crippen LogP contribution in [0.1, 0.15) is 18.4 Å². The summed E-state index contributed by atoms with van der Waals surface area (Å²) >= 11 is 0. The number of imidazole rings is 1. The lowest BCUT2D eigenvalue weighted by Gasteiger charge is -2.05. The van der Waals surface area contributed by atoms with Crippen molar-refractivity contribution in [2.45, 2.75) is 20.3 Å². The van der Waals surface area contributed by atoms with Crippen LogP contribution in [0.2, 0.25) is 0 Å². The summed E-state index contributed by atoms with van der Waals surface area (Å²) in [7, 11) is 0. The molecule has 0 aliphatic rings. The van der Waals surface area contributed by atoms with Crippen LogP contribution in [0.25, 0.3) is 11.3 Å². The van der Waals surface area contributed by atoms with Crippen LogP contribution < -0.4 is 5.73 Å². The molecule has 2 aromatic rings. The molecule has 2 heterocycles. The summed E-state index contributed by atoms with van der Waals surface area (Å²) in [6.45, 7) is 3.96. The second-order valence-electron chi connectivity index (χ2n) is 3.44. The molecule has 0 aliphatic carbocycles. The van der Waals surface area contributed by atoms with Gasteiger partial charge < -0.3 is 10.7 Å². The van der Waals surface area contributed by atoms with E-state index in [9.17, 15) is 0 Å². The zero-order chi connectivity index (χ0) is 10.8. The number of pyridine rings is 1. The molecule has 4 heteroatoms. The summed E-state index contributed by atoms with van der Waals surface area (Å²) in [5.74, 6) is 0.888. The van der Waals surface area contributed by atoms with Crippen molar-refractivity contribution < 1.29 is 0 Å². The number of nitrogens with zero attached hydrogens (tertiary/aromatic N) is 2. The number of nitrogens with two attached hydrogens (primary N) is 1. The fourth-order valence-corrected chi connectivity index (χ4v) is 1.58. The number of aromatic nitrogens is 3. The van der Waals surface area contributed by atoms with Crippen molar-refractivity contribution in [1.29, 1.82) is 0 Å². The minimum Gasteiger partial charge on any atom is -0.397 e. The first-order valence-electron chi connectivity index (χ1n) is 4.98. The Bertz CT molecular complexity index is 473. The number of nitrogen functional groups attached to an aromatic ring is 1. The topological polar surface area (TPSA) is 67.6 Å². The van der Waals surface area contributed by atoms with Gasteiger partial charge in [0.05, 0.1) is 17.1 Å². The quantitative estimate of drug-likeness (QED) is 0.781. The lowest BCUT2D eigenvalue weighted by Crippen LogP contribution is -1.98. The Morgan fingerprint density at radius 3 is 2.87 bits per heavy atom. The molecule has 0 spiro atoms. The largest absolute Gasteiger partial charge is 0.397 e. The highest BCUT2D eigenvalue weighted by molar-refractivity contribution is 5.74. The van der Waals surface area contributed by atoms with Gasteiger partial charge in [-0.2, -0.15) is 0 Å². The predicted molar refractivity (Wildman–Crippen MR) is 60.3 cm³/mol. The molecule has 0 radical (unpaired) electrons. The number of hydrogen-bond donors (Lipinski definition) is 2. The van der Waals surface area contributed by atoms with E-state index in [1.165, 1.54) is 0 Å². The van der Waals surface area contributed by atoms with Crippen molar-refractivity contribution in [2.24, 2.45) is 0 Å². The van der Waals surface area contributed by atoms with E-state index >= 15 is 0 Å². The van der Waals surface area contributed by atoms with Gasteiger partial charge in [-0.15, -0.1) is 0 Å². The molecule has 0 bridgehead atoms. The zero-order valence-corrected chi connectivity index (χ0v) is 8.91. The van der Waals surface area contributed by atoms with E-state index in [1.54, 1.807) is 6.20 Å². The molecular weight excluding hydrogens is 188 g/mol.